The lowest BCUT2D eigenvalue weighted by Crippen LogP contribution is -2.19. The summed E-state index contributed by atoms with van der Waals surface area (Å²) in [6, 6.07) is 3.75. The molecule has 3 heteroatoms. The van der Waals surface area contributed by atoms with E-state index in [-0.39, 0.29) is 5.82 Å². The van der Waals surface area contributed by atoms with Crippen LogP contribution in [0.1, 0.15) is 19.3 Å². The second-order valence-electron chi connectivity index (χ2n) is 4.35. The third kappa shape index (κ3) is 1.37. The van der Waals surface area contributed by atoms with Crippen LogP contribution in [0, 0.1) is 17.7 Å². The summed E-state index contributed by atoms with van der Waals surface area (Å²) in [5, 5.41) is 3.38. The summed E-state index contributed by atoms with van der Waals surface area (Å²) in [6.07, 6.45) is 5.23. The van der Waals surface area contributed by atoms with E-state index < -0.39 is 0 Å². The predicted octanol–water partition coefficient (Wildman–Crippen LogP) is 2.43. The van der Waals surface area contributed by atoms with Gasteiger partial charge in [-0.2, -0.15) is 0 Å². The number of anilines is 1. The molecule has 2 aliphatic rings. The van der Waals surface area contributed by atoms with Gasteiger partial charge >= 0.3 is 0 Å². The van der Waals surface area contributed by atoms with E-state index in [2.05, 4.69) is 10.3 Å². The maximum atomic E-state index is 12.6. The van der Waals surface area contributed by atoms with Gasteiger partial charge in [-0.1, -0.05) is 0 Å². The molecule has 0 amide bonds. The first-order chi connectivity index (χ1) is 6.83. The Labute approximate surface area is 82.5 Å². The molecule has 0 bridgehead atoms. The van der Waals surface area contributed by atoms with Gasteiger partial charge in [-0.3, -0.25) is 0 Å². The molecule has 1 aromatic heterocycles. The van der Waals surface area contributed by atoms with E-state index in [1.165, 1.54) is 31.5 Å². The molecule has 3 unspecified atom stereocenters. The molecule has 0 aromatic carbocycles. The maximum Gasteiger partial charge on any atom is 0.141 e. The number of fused-ring (bicyclic) bond motifs is 1. The van der Waals surface area contributed by atoms with Crippen LogP contribution >= 0.6 is 0 Å². The van der Waals surface area contributed by atoms with Crippen molar-refractivity contribution in [2.45, 2.75) is 25.3 Å². The molecule has 2 saturated carbocycles. The number of hydrogen-bond acceptors (Lipinski definition) is 2. The zero-order valence-electron chi connectivity index (χ0n) is 7.91. The first-order valence-electron chi connectivity index (χ1n) is 5.21. The normalized spacial score (nSPS) is 33.9. The molecule has 1 heterocycles. The van der Waals surface area contributed by atoms with Crippen molar-refractivity contribution in [1.29, 1.82) is 0 Å². The quantitative estimate of drug-likeness (QED) is 0.778. The van der Waals surface area contributed by atoms with E-state index in [0.717, 1.165) is 17.7 Å². The molecule has 1 aromatic rings. The van der Waals surface area contributed by atoms with Gasteiger partial charge < -0.3 is 5.32 Å². The van der Waals surface area contributed by atoms with Crippen molar-refractivity contribution in [3.8, 4) is 0 Å². The highest BCUT2D eigenvalue weighted by Crippen LogP contribution is 2.52. The van der Waals surface area contributed by atoms with E-state index in [1.54, 1.807) is 6.07 Å². The van der Waals surface area contributed by atoms with Crippen LogP contribution in [-0.2, 0) is 0 Å². The van der Waals surface area contributed by atoms with Crippen LogP contribution < -0.4 is 5.32 Å². The first kappa shape index (κ1) is 8.21. The fourth-order valence-electron chi connectivity index (χ4n) is 2.53. The smallest absolute Gasteiger partial charge is 0.141 e. The monoisotopic (exact) mass is 192 g/mol. The van der Waals surface area contributed by atoms with Gasteiger partial charge in [-0.25, -0.2) is 9.37 Å². The van der Waals surface area contributed by atoms with E-state index >= 15 is 0 Å². The Kier molecular flexibility index (Phi) is 1.72. The number of aromatic nitrogens is 1. The molecule has 0 spiro atoms. The van der Waals surface area contributed by atoms with Crippen LogP contribution in [0.3, 0.4) is 0 Å². The zero-order valence-corrected chi connectivity index (χ0v) is 7.91. The molecule has 0 saturated heterocycles. The molecular weight excluding hydrogens is 179 g/mol. The Morgan fingerprint density at radius 2 is 2.29 bits per heavy atom. The lowest BCUT2D eigenvalue weighted by atomic mass is 10.2. The number of nitrogens with zero attached hydrogens (tertiary/aromatic N) is 1. The Balaban J connectivity index is 1.69. The predicted molar refractivity (Wildman–Crippen MR) is 52.4 cm³/mol. The Morgan fingerprint density at radius 1 is 1.36 bits per heavy atom. The summed E-state index contributed by atoms with van der Waals surface area (Å²) < 4.78 is 12.6. The lowest BCUT2D eigenvalue weighted by Gasteiger charge is -2.14. The summed E-state index contributed by atoms with van der Waals surface area (Å²) in [4.78, 5) is 4.01. The highest BCUT2D eigenvalue weighted by molar-refractivity contribution is 5.36. The second-order valence-corrected chi connectivity index (χ2v) is 4.35. The number of nitrogens with one attached hydrogen (secondary N) is 1. The van der Waals surface area contributed by atoms with Crippen LogP contribution in [0.4, 0.5) is 10.2 Å². The average molecular weight is 192 g/mol. The van der Waals surface area contributed by atoms with Crippen molar-refractivity contribution in [2.24, 2.45) is 11.8 Å². The molecular formula is C11H13FN2. The molecule has 74 valence electrons. The summed E-state index contributed by atoms with van der Waals surface area (Å²) in [5.74, 6) is 2.37. The minimum atomic E-state index is -0.272. The molecule has 3 rings (SSSR count). The average Bonchev–Trinajstić information content (AvgIpc) is 2.88. The van der Waals surface area contributed by atoms with Gasteiger partial charge in [0.15, 0.2) is 0 Å². The molecule has 0 radical (unpaired) electrons. The van der Waals surface area contributed by atoms with Crippen LogP contribution in [0.5, 0.6) is 0 Å². The lowest BCUT2D eigenvalue weighted by molar-refractivity contribution is 0.618. The van der Waals surface area contributed by atoms with E-state index in [1.807, 2.05) is 0 Å². The van der Waals surface area contributed by atoms with Crippen LogP contribution in [0.15, 0.2) is 18.3 Å². The van der Waals surface area contributed by atoms with Crippen molar-refractivity contribution in [3.63, 3.8) is 0 Å². The topological polar surface area (TPSA) is 24.9 Å². The molecule has 1 N–H and O–H groups in total. The number of halogens is 1. The van der Waals surface area contributed by atoms with Crippen LogP contribution in [-0.4, -0.2) is 11.0 Å². The van der Waals surface area contributed by atoms with Gasteiger partial charge in [-0.05, 0) is 43.2 Å². The SMILES string of the molecule is Fc1ccc(NC2CCC3CC32)nc1. The molecule has 2 aliphatic carbocycles. The van der Waals surface area contributed by atoms with E-state index in [4.69, 9.17) is 0 Å². The van der Waals surface area contributed by atoms with Crippen LogP contribution in [0.25, 0.3) is 0 Å². The Hall–Kier alpha value is -1.12. The summed E-state index contributed by atoms with van der Waals surface area (Å²) in [6.45, 7) is 0. The van der Waals surface area contributed by atoms with Crippen molar-refractivity contribution < 1.29 is 4.39 Å². The second kappa shape index (κ2) is 2.94. The number of pyridine rings is 1. The van der Waals surface area contributed by atoms with Gasteiger partial charge in [0.2, 0.25) is 0 Å². The molecule has 2 fully saturated rings. The van der Waals surface area contributed by atoms with E-state index in [0.29, 0.717) is 6.04 Å². The van der Waals surface area contributed by atoms with Crippen molar-refractivity contribution in [1.82, 2.24) is 4.98 Å². The standard InChI is InChI=1S/C11H13FN2/c12-8-2-4-11(13-6-8)14-10-3-1-7-5-9(7)10/h2,4,6-7,9-10H,1,3,5H2,(H,13,14). The highest BCUT2D eigenvalue weighted by Gasteiger charge is 2.47. The largest absolute Gasteiger partial charge is 0.367 e. The third-order valence-corrected chi connectivity index (χ3v) is 3.40. The van der Waals surface area contributed by atoms with Gasteiger partial charge in [0.25, 0.3) is 0 Å². The van der Waals surface area contributed by atoms with Gasteiger partial charge in [0.05, 0.1) is 6.20 Å². The van der Waals surface area contributed by atoms with Crippen LogP contribution in [0.2, 0.25) is 0 Å². The van der Waals surface area contributed by atoms with Gasteiger partial charge in [0, 0.05) is 6.04 Å². The molecule has 0 aliphatic heterocycles. The Morgan fingerprint density at radius 3 is 2.86 bits per heavy atom. The first-order valence-corrected chi connectivity index (χ1v) is 5.21. The maximum absolute atomic E-state index is 12.6. The summed E-state index contributed by atoms with van der Waals surface area (Å²) in [7, 11) is 0. The summed E-state index contributed by atoms with van der Waals surface area (Å²) in [5.41, 5.74) is 0. The van der Waals surface area contributed by atoms with Crippen molar-refractivity contribution >= 4 is 5.82 Å². The molecule has 14 heavy (non-hydrogen) atoms. The van der Waals surface area contributed by atoms with Gasteiger partial charge in [0.1, 0.15) is 11.6 Å². The zero-order chi connectivity index (χ0) is 9.54. The number of hydrogen-bond donors (Lipinski definition) is 1. The summed E-state index contributed by atoms with van der Waals surface area (Å²) >= 11 is 0. The Bertz CT molecular complexity index is 336. The fourth-order valence-corrected chi connectivity index (χ4v) is 2.53. The third-order valence-electron chi connectivity index (χ3n) is 3.40. The van der Waals surface area contributed by atoms with Crippen molar-refractivity contribution in [3.05, 3.63) is 24.1 Å². The molecule has 3 atom stereocenters. The minimum absolute atomic E-state index is 0.272. The number of rotatable bonds is 2. The molecule has 2 nitrogen and oxygen atoms in total. The fraction of sp³-hybridized carbons (Fsp3) is 0.545. The van der Waals surface area contributed by atoms with Crippen molar-refractivity contribution in [2.75, 3.05) is 5.32 Å². The minimum Gasteiger partial charge on any atom is -0.367 e. The van der Waals surface area contributed by atoms with Gasteiger partial charge in [-0.15, -0.1) is 0 Å². The van der Waals surface area contributed by atoms with E-state index in [9.17, 15) is 4.39 Å². The highest BCUT2D eigenvalue weighted by atomic mass is 19.1.